The average molecular weight is 509 g/mol. The van der Waals surface area contributed by atoms with Crippen LogP contribution in [0.3, 0.4) is 0 Å². The number of aromatic nitrogens is 2. The van der Waals surface area contributed by atoms with Crippen molar-refractivity contribution in [3.63, 3.8) is 0 Å². The number of ether oxygens (including phenoxy) is 1. The number of hydrogen-bond acceptors (Lipinski definition) is 6. The van der Waals surface area contributed by atoms with Gasteiger partial charge in [-0.1, -0.05) is 17.7 Å². The molecule has 1 aromatic carbocycles. The lowest BCUT2D eigenvalue weighted by atomic mass is 10.1. The molecule has 0 bridgehead atoms. The number of alkyl halides is 3. The fraction of sp³-hybridized carbons (Fsp3) is 0.500. The van der Waals surface area contributed by atoms with Crippen LogP contribution >= 0.6 is 11.6 Å². The Bertz CT molecular complexity index is 1140. The summed E-state index contributed by atoms with van der Waals surface area (Å²) in [5.74, 6) is -0.482. The van der Waals surface area contributed by atoms with Crippen LogP contribution in [0.1, 0.15) is 17.0 Å². The van der Waals surface area contributed by atoms with Gasteiger partial charge in [-0.25, -0.2) is 8.42 Å². The third-order valence-electron chi connectivity index (χ3n) is 5.34. The smallest absolute Gasteiger partial charge is 0.436 e. The number of amides is 1. The van der Waals surface area contributed by atoms with Crippen LogP contribution in [0, 0.1) is 6.92 Å². The van der Waals surface area contributed by atoms with Gasteiger partial charge in [0.25, 0.3) is 0 Å². The Morgan fingerprint density at radius 2 is 1.85 bits per heavy atom. The summed E-state index contributed by atoms with van der Waals surface area (Å²) >= 11 is 5.80. The molecule has 1 fully saturated rings. The molecule has 0 atom stereocenters. The Hall–Kier alpha value is -2.47. The van der Waals surface area contributed by atoms with E-state index >= 15 is 0 Å². The van der Waals surface area contributed by atoms with E-state index in [2.05, 4.69) is 10.00 Å². The lowest BCUT2D eigenvalue weighted by molar-refractivity contribution is -0.142. The quantitative estimate of drug-likeness (QED) is 0.596. The fourth-order valence-corrected chi connectivity index (χ4v) is 4.80. The summed E-state index contributed by atoms with van der Waals surface area (Å²) in [5, 5.41) is 2.61. The number of methoxy groups -OCH3 is 1. The maximum atomic E-state index is 13.2. The number of rotatable bonds is 6. The van der Waals surface area contributed by atoms with Gasteiger partial charge in [0.1, 0.15) is 12.3 Å². The average Bonchev–Trinajstić information content (AvgIpc) is 3.03. The molecule has 1 aromatic heterocycles. The van der Waals surface area contributed by atoms with Gasteiger partial charge in [0.15, 0.2) is 15.5 Å². The van der Waals surface area contributed by atoms with Gasteiger partial charge in [0, 0.05) is 44.2 Å². The van der Waals surface area contributed by atoms with Crippen LogP contribution in [0.15, 0.2) is 18.2 Å². The fourth-order valence-electron chi connectivity index (χ4n) is 3.62. The molecule has 2 heterocycles. The lowest BCUT2D eigenvalue weighted by Crippen LogP contribution is -2.49. The molecule has 1 aliphatic rings. The summed E-state index contributed by atoms with van der Waals surface area (Å²) in [4.78, 5) is 16.4. The first-order valence-corrected chi connectivity index (χ1v) is 12.4. The summed E-state index contributed by atoms with van der Waals surface area (Å²) in [7, 11) is -2.13. The van der Waals surface area contributed by atoms with Crippen LogP contribution in [-0.4, -0.2) is 68.5 Å². The van der Waals surface area contributed by atoms with Crippen molar-refractivity contribution in [1.29, 1.82) is 0 Å². The second-order valence-electron chi connectivity index (χ2n) is 7.86. The van der Waals surface area contributed by atoms with E-state index in [9.17, 15) is 26.4 Å². The predicted molar refractivity (Wildman–Crippen MR) is 117 cm³/mol. The molecule has 33 heavy (non-hydrogen) atoms. The molecule has 1 saturated heterocycles. The molecule has 1 amide bonds. The maximum absolute atomic E-state index is 13.2. The summed E-state index contributed by atoms with van der Waals surface area (Å²) in [6.07, 6.45) is -4.01. The van der Waals surface area contributed by atoms with Gasteiger partial charge in [0.2, 0.25) is 5.91 Å². The zero-order valence-electron chi connectivity index (χ0n) is 18.3. The number of sulfone groups is 1. The van der Waals surface area contributed by atoms with Crippen molar-refractivity contribution in [3.8, 4) is 5.75 Å². The Morgan fingerprint density at radius 3 is 2.39 bits per heavy atom. The molecular weight excluding hydrogens is 485 g/mol. The van der Waals surface area contributed by atoms with E-state index in [1.807, 2.05) is 25.1 Å². The van der Waals surface area contributed by atoms with Crippen LogP contribution < -0.4 is 9.64 Å². The topological polar surface area (TPSA) is 84.7 Å². The van der Waals surface area contributed by atoms with Crippen molar-refractivity contribution < 1.29 is 31.1 Å². The van der Waals surface area contributed by atoms with Crippen LogP contribution in [0.4, 0.5) is 18.9 Å². The minimum absolute atomic E-state index is 0.345. The number of piperazine rings is 1. The van der Waals surface area contributed by atoms with Gasteiger partial charge in [0.05, 0.1) is 23.6 Å². The normalized spacial score (nSPS) is 15.1. The number of nitrogens with zero attached hydrogens (tertiary/aromatic N) is 4. The van der Waals surface area contributed by atoms with Crippen molar-refractivity contribution in [2.24, 2.45) is 0 Å². The van der Waals surface area contributed by atoms with Crippen LogP contribution in [0.25, 0.3) is 0 Å². The van der Waals surface area contributed by atoms with E-state index in [0.717, 1.165) is 27.9 Å². The molecule has 0 saturated carbocycles. The summed E-state index contributed by atoms with van der Waals surface area (Å²) in [5.41, 5.74) is 0.170. The van der Waals surface area contributed by atoms with E-state index in [1.165, 1.54) is 4.90 Å². The van der Waals surface area contributed by atoms with E-state index in [-0.39, 0.29) is 5.69 Å². The standard InChI is InChI=1S/C20H24ClF3N4O4S/c1-13-4-5-14(10-16(13)32-2)26-6-8-27(9-7-26)17(29)11-28-15(12-33(3,30)31)18(21)19(25-28)20(22,23)24/h4-5,10H,6-9,11-12H2,1-3H3. The first kappa shape index (κ1) is 25.2. The van der Waals surface area contributed by atoms with Crippen molar-refractivity contribution >= 4 is 33.0 Å². The second kappa shape index (κ2) is 9.41. The van der Waals surface area contributed by atoms with Crippen LogP contribution in [0.5, 0.6) is 5.75 Å². The third kappa shape index (κ3) is 5.91. The third-order valence-corrected chi connectivity index (χ3v) is 6.53. The summed E-state index contributed by atoms with van der Waals surface area (Å²) in [6, 6.07) is 5.81. The van der Waals surface area contributed by atoms with Crippen molar-refractivity contribution in [2.45, 2.75) is 25.4 Å². The SMILES string of the molecule is COc1cc(N2CCN(C(=O)Cn3nc(C(F)(F)F)c(Cl)c3CS(C)(=O)=O)CC2)ccc1C. The van der Waals surface area contributed by atoms with E-state index in [1.54, 1.807) is 7.11 Å². The number of aryl methyl sites for hydroxylation is 1. The highest BCUT2D eigenvalue weighted by molar-refractivity contribution is 7.89. The Morgan fingerprint density at radius 1 is 1.21 bits per heavy atom. The Labute approximate surface area is 194 Å². The largest absolute Gasteiger partial charge is 0.496 e. The summed E-state index contributed by atoms with van der Waals surface area (Å²) in [6.45, 7) is 3.11. The van der Waals surface area contributed by atoms with Crippen molar-refractivity contribution in [3.05, 3.63) is 40.2 Å². The second-order valence-corrected chi connectivity index (χ2v) is 10.4. The lowest BCUT2D eigenvalue weighted by Gasteiger charge is -2.36. The van der Waals surface area contributed by atoms with Gasteiger partial charge in [-0.3, -0.25) is 9.48 Å². The van der Waals surface area contributed by atoms with Crippen LogP contribution in [0.2, 0.25) is 5.02 Å². The molecule has 0 aliphatic carbocycles. The minimum atomic E-state index is -4.88. The van der Waals surface area contributed by atoms with Gasteiger partial charge < -0.3 is 14.5 Å². The maximum Gasteiger partial charge on any atom is 0.436 e. The van der Waals surface area contributed by atoms with E-state index in [0.29, 0.717) is 26.2 Å². The predicted octanol–water partition coefficient (Wildman–Crippen LogP) is 2.77. The molecule has 1 aliphatic heterocycles. The highest BCUT2D eigenvalue weighted by atomic mass is 35.5. The molecule has 13 heteroatoms. The van der Waals surface area contributed by atoms with Crippen molar-refractivity contribution in [2.75, 3.05) is 44.4 Å². The summed E-state index contributed by atoms with van der Waals surface area (Å²) < 4.78 is 69.2. The molecule has 0 spiro atoms. The zero-order chi connectivity index (χ0) is 24.6. The van der Waals surface area contributed by atoms with Gasteiger partial charge >= 0.3 is 6.18 Å². The molecule has 0 radical (unpaired) electrons. The molecule has 182 valence electrons. The highest BCUT2D eigenvalue weighted by Gasteiger charge is 2.39. The van der Waals surface area contributed by atoms with E-state index < -0.39 is 44.9 Å². The zero-order valence-corrected chi connectivity index (χ0v) is 19.9. The first-order chi connectivity index (χ1) is 15.3. The van der Waals surface area contributed by atoms with Gasteiger partial charge in [-0.15, -0.1) is 0 Å². The molecule has 8 nitrogen and oxygen atoms in total. The van der Waals surface area contributed by atoms with Crippen molar-refractivity contribution in [1.82, 2.24) is 14.7 Å². The highest BCUT2D eigenvalue weighted by Crippen LogP contribution is 2.36. The number of carbonyl (C=O) groups is 1. The van der Waals surface area contributed by atoms with Crippen LogP contribution in [-0.2, 0) is 33.1 Å². The number of carbonyl (C=O) groups excluding carboxylic acids is 1. The number of anilines is 1. The molecule has 3 rings (SSSR count). The minimum Gasteiger partial charge on any atom is -0.496 e. The van der Waals surface area contributed by atoms with E-state index in [4.69, 9.17) is 16.3 Å². The monoisotopic (exact) mass is 508 g/mol. The van der Waals surface area contributed by atoms with Gasteiger partial charge in [-0.2, -0.15) is 18.3 Å². The molecule has 0 N–H and O–H groups in total. The Balaban J connectivity index is 1.73. The Kier molecular flexibility index (Phi) is 7.18. The number of benzene rings is 1. The number of halogens is 4. The molecule has 2 aromatic rings. The number of hydrogen-bond donors (Lipinski definition) is 0. The first-order valence-electron chi connectivity index (χ1n) is 9.97. The van der Waals surface area contributed by atoms with Gasteiger partial charge in [-0.05, 0) is 18.6 Å². The molecular formula is C20H24ClF3N4O4S. The molecule has 0 unspecified atom stereocenters.